The molecule has 9 N–H and O–H groups in total. The highest BCUT2D eigenvalue weighted by atomic mass is 31.2. The second-order valence-electron chi connectivity index (χ2n) is 12.2. The highest BCUT2D eigenvalue weighted by molar-refractivity contribution is 7.58. The van der Waals surface area contributed by atoms with E-state index < -0.39 is 104 Å². The van der Waals surface area contributed by atoms with E-state index in [1.165, 1.54) is 21.0 Å². The first-order valence-electron chi connectivity index (χ1n) is 15.6. The van der Waals surface area contributed by atoms with E-state index in [0.29, 0.717) is 5.56 Å². The molecule has 0 heterocycles. The second-order valence-corrected chi connectivity index (χ2v) is 14.8. The molecule has 17 heteroatoms. The van der Waals surface area contributed by atoms with Gasteiger partial charge < -0.3 is 47.1 Å². The quantitative estimate of drug-likeness (QED) is 0.0650. The summed E-state index contributed by atoms with van der Waals surface area (Å²) in [5.41, 5.74) is 6.06. The molecule has 1 rings (SSSR count). The smallest absolute Gasteiger partial charge is 0.328 e. The highest BCUT2D eigenvalue weighted by Crippen LogP contribution is 2.47. The molecule has 1 aromatic rings. The number of aliphatic hydroxyl groups is 1. The van der Waals surface area contributed by atoms with E-state index in [2.05, 4.69) is 26.6 Å². The van der Waals surface area contributed by atoms with Gasteiger partial charge in [-0.1, -0.05) is 58.0 Å². The van der Waals surface area contributed by atoms with Crippen molar-refractivity contribution in [3.8, 4) is 0 Å². The van der Waals surface area contributed by atoms with E-state index in [1.807, 2.05) is 0 Å². The van der Waals surface area contributed by atoms with E-state index >= 15 is 0 Å². The van der Waals surface area contributed by atoms with Gasteiger partial charge in [-0.25, -0.2) is 4.79 Å². The number of methoxy groups -OCH3 is 1. The van der Waals surface area contributed by atoms with Crippen molar-refractivity contribution in [1.82, 2.24) is 26.6 Å². The van der Waals surface area contributed by atoms with Crippen LogP contribution in [-0.4, -0.2) is 101 Å². The van der Waals surface area contributed by atoms with E-state index in [-0.39, 0.29) is 12.3 Å². The lowest BCUT2D eigenvalue weighted by molar-refractivity contribution is -0.146. The first kappa shape index (κ1) is 42.2. The van der Waals surface area contributed by atoms with Crippen LogP contribution in [0.4, 0.5) is 0 Å². The van der Waals surface area contributed by atoms with Crippen molar-refractivity contribution in [1.29, 1.82) is 0 Å². The molecule has 16 nitrogen and oxygen atoms in total. The zero-order valence-corrected chi connectivity index (χ0v) is 29.4. The van der Waals surface area contributed by atoms with Crippen molar-refractivity contribution in [3.63, 3.8) is 0 Å². The van der Waals surface area contributed by atoms with Crippen LogP contribution in [0.2, 0.25) is 0 Å². The molecule has 7 atom stereocenters. The number of carbonyl (C=O) groups is 6. The molecule has 0 aliphatic carbocycles. The Bertz CT molecular complexity index is 1310. The third-order valence-electron chi connectivity index (χ3n) is 7.45. The number of ether oxygens (including phenoxy) is 1. The summed E-state index contributed by atoms with van der Waals surface area (Å²) in [7, 11) is -3.11. The zero-order chi connectivity index (χ0) is 36.8. The molecule has 0 fully saturated rings. The topological polar surface area (TPSA) is 255 Å². The van der Waals surface area contributed by atoms with Gasteiger partial charge in [-0.15, -0.1) is 0 Å². The fourth-order valence-electron chi connectivity index (χ4n) is 4.36. The van der Waals surface area contributed by atoms with Crippen LogP contribution in [0.25, 0.3) is 0 Å². The van der Waals surface area contributed by atoms with Gasteiger partial charge in [0.1, 0.15) is 36.0 Å². The standard InChI is InChI=1S/C31H51N6O10P/c1-17(2)25(30(43)37-26(18(3)4)31(44)47-7)35-23(39)13-14-48(45,46)24(15-21-11-9-8-10-12-21)36-28(41)20(6)33-27(40)19(5)34-29(42)22(32)16-38/h8-12,17-20,22,24-26,38H,13-16,32H2,1-7H3,(H,33,40)(H,34,42)(H,35,39)(H,36,41)(H,37,43)(H,45,46)/t19-,20-,22-,24?,25-,26-/m0/s1. The number of nitrogens with two attached hydrogens (primary N) is 1. The summed E-state index contributed by atoms with van der Waals surface area (Å²) in [6.07, 6.45) is -1.08. The monoisotopic (exact) mass is 698 g/mol. The summed E-state index contributed by atoms with van der Waals surface area (Å²) in [4.78, 5) is 86.8. The average Bonchev–Trinajstić information content (AvgIpc) is 3.03. The van der Waals surface area contributed by atoms with Crippen molar-refractivity contribution < 1.29 is 48.1 Å². The second kappa shape index (κ2) is 19.8. The maximum Gasteiger partial charge on any atom is 0.328 e. The fraction of sp³-hybridized carbons (Fsp3) is 0.613. The lowest BCUT2D eigenvalue weighted by Crippen LogP contribution is -2.55. The summed E-state index contributed by atoms with van der Waals surface area (Å²) in [5, 5.41) is 21.4. The van der Waals surface area contributed by atoms with Gasteiger partial charge in [0.15, 0.2) is 0 Å². The lowest BCUT2D eigenvalue weighted by Gasteiger charge is -2.28. The number of esters is 1. The van der Waals surface area contributed by atoms with Crippen molar-refractivity contribution in [3.05, 3.63) is 35.9 Å². The van der Waals surface area contributed by atoms with Crippen LogP contribution < -0.4 is 32.3 Å². The summed E-state index contributed by atoms with van der Waals surface area (Å²) >= 11 is 0. The number of aliphatic hydroxyl groups excluding tert-OH is 1. The Kier molecular flexibility index (Phi) is 17.4. The van der Waals surface area contributed by atoms with Crippen molar-refractivity contribution in [2.75, 3.05) is 19.9 Å². The molecule has 1 aromatic carbocycles. The third kappa shape index (κ3) is 13.7. The summed E-state index contributed by atoms with van der Waals surface area (Å²) in [6.45, 7) is 8.89. The molecule has 0 aliphatic heterocycles. The van der Waals surface area contributed by atoms with Gasteiger partial charge in [0.25, 0.3) is 0 Å². The van der Waals surface area contributed by atoms with E-state index in [4.69, 9.17) is 15.6 Å². The Morgan fingerprint density at radius 2 is 1.29 bits per heavy atom. The molecule has 5 amide bonds. The SMILES string of the molecule is COC(=O)[C@@H](NC(=O)[C@@H](NC(=O)CCP(=O)(O)C(Cc1ccccc1)NC(=O)[C@H](C)NC(=O)[C@H](C)NC(=O)[C@@H](N)CO)C(C)C)C(C)C. The molecule has 0 spiro atoms. The summed E-state index contributed by atoms with van der Waals surface area (Å²) in [5.74, 6) is -6.31. The molecule has 0 radical (unpaired) electrons. The summed E-state index contributed by atoms with van der Waals surface area (Å²) in [6, 6.07) is 3.02. The minimum atomic E-state index is -4.31. The van der Waals surface area contributed by atoms with Crippen LogP contribution in [0.3, 0.4) is 0 Å². The molecule has 0 saturated carbocycles. The molecular weight excluding hydrogens is 647 g/mol. The lowest BCUT2D eigenvalue weighted by atomic mass is 10.00. The largest absolute Gasteiger partial charge is 0.467 e. The molecular formula is C31H51N6O10P. The maximum absolute atomic E-state index is 13.7. The normalized spacial score (nSPS) is 16.2. The van der Waals surface area contributed by atoms with Crippen LogP contribution in [0.15, 0.2) is 30.3 Å². The minimum Gasteiger partial charge on any atom is -0.467 e. The molecule has 0 bridgehead atoms. The van der Waals surface area contributed by atoms with Gasteiger partial charge in [-0.3, -0.25) is 28.5 Å². The van der Waals surface area contributed by atoms with Gasteiger partial charge in [-0.2, -0.15) is 0 Å². The molecule has 270 valence electrons. The number of hydrogen-bond donors (Lipinski definition) is 8. The predicted molar refractivity (Wildman–Crippen MR) is 177 cm³/mol. The molecule has 48 heavy (non-hydrogen) atoms. The van der Waals surface area contributed by atoms with Crippen LogP contribution in [0.5, 0.6) is 0 Å². The van der Waals surface area contributed by atoms with E-state index in [1.54, 1.807) is 58.0 Å². The van der Waals surface area contributed by atoms with Crippen LogP contribution >= 0.6 is 7.37 Å². The Morgan fingerprint density at radius 1 is 0.771 bits per heavy atom. The molecule has 0 saturated heterocycles. The van der Waals surface area contributed by atoms with E-state index in [0.717, 1.165) is 0 Å². The Hall–Kier alpha value is -3.85. The Balaban J connectivity index is 3.02. The fourth-order valence-corrected chi connectivity index (χ4v) is 6.02. The Morgan fingerprint density at radius 3 is 1.79 bits per heavy atom. The molecule has 0 aliphatic rings. The van der Waals surface area contributed by atoms with Gasteiger partial charge in [0.05, 0.1) is 13.7 Å². The van der Waals surface area contributed by atoms with Gasteiger partial charge in [0.2, 0.25) is 36.9 Å². The number of nitrogens with one attached hydrogen (secondary N) is 5. The minimum absolute atomic E-state index is 0.0741. The maximum atomic E-state index is 13.7. The van der Waals surface area contributed by atoms with Gasteiger partial charge in [-0.05, 0) is 31.2 Å². The van der Waals surface area contributed by atoms with Crippen molar-refractivity contribution in [2.45, 2.75) is 90.4 Å². The predicted octanol–water partition coefficient (Wildman–Crippen LogP) is -0.884. The number of hydrogen-bond acceptors (Lipinski definition) is 10. The molecule has 2 unspecified atom stereocenters. The van der Waals surface area contributed by atoms with Gasteiger partial charge in [0, 0.05) is 19.0 Å². The van der Waals surface area contributed by atoms with Crippen molar-refractivity contribution in [2.24, 2.45) is 17.6 Å². The van der Waals surface area contributed by atoms with Gasteiger partial charge >= 0.3 is 5.97 Å². The number of benzene rings is 1. The number of carbonyl (C=O) groups excluding carboxylic acids is 6. The average molecular weight is 699 g/mol. The van der Waals surface area contributed by atoms with Crippen LogP contribution in [-0.2, 0) is 44.5 Å². The first-order valence-corrected chi connectivity index (χ1v) is 17.6. The highest BCUT2D eigenvalue weighted by Gasteiger charge is 2.36. The van der Waals surface area contributed by atoms with Crippen molar-refractivity contribution >= 4 is 42.9 Å². The third-order valence-corrected chi connectivity index (χ3v) is 9.60. The number of amides is 5. The zero-order valence-electron chi connectivity index (χ0n) is 28.5. The first-order chi connectivity index (χ1) is 22.3. The van der Waals surface area contributed by atoms with Crippen LogP contribution in [0.1, 0.15) is 53.5 Å². The summed E-state index contributed by atoms with van der Waals surface area (Å²) < 4.78 is 18.4. The Labute approximate surface area is 281 Å². The van der Waals surface area contributed by atoms with Crippen LogP contribution in [0, 0.1) is 11.8 Å². The van der Waals surface area contributed by atoms with E-state index in [9.17, 15) is 38.2 Å². The molecule has 0 aromatic heterocycles. The number of rotatable bonds is 19.